The first-order valence-electron chi connectivity index (χ1n) is 6.68. The highest BCUT2D eigenvalue weighted by Gasteiger charge is 2.35. The smallest absolute Gasteiger partial charge is 0.0784 e. The lowest BCUT2D eigenvalue weighted by atomic mass is 9.80. The summed E-state index contributed by atoms with van der Waals surface area (Å²) in [5.41, 5.74) is -0.145. The van der Waals surface area contributed by atoms with Crippen molar-refractivity contribution in [3.8, 4) is 0 Å². The summed E-state index contributed by atoms with van der Waals surface area (Å²) in [6.07, 6.45) is 4.47. The lowest BCUT2D eigenvalue weighted by Crippen LogP contribution is -2.52. The Morgan fingerprint density at radius 1 is 1.53 bits per heavy atom. The van der Waals surface area contributed by atoms with E-state index in [2.05, 4.69) is 5.32 Å². The van der Waals surface area contributed by atoms with E-state index in [0.717, 1.165) is 32.3 Å². The van der Waals surface area contributed by atoms with Gasteiger partial charge in [0.2, 0.25) is 0 Å². The normalized spacial score (nSPS) is 31.4. The van der Waals surface area contributed by atoms with Crippen LogP contribution in [0.25, 0.3) is 0 Å². The third kappa shape index (κ3) is 4.54. The van der Waals surface area contributed by atoms with Crippen LogP contribution in [0.15, 0.2) is 0 Å². The molecule has 0 aliphatic heterocycles. The van der Waals surface area contributed by atoms with E-state index >= 15 is 0 Å². The van der Waals surface area contributed by atoms with Crippen LogP contribution in [0.2, 0.25) is 0 Å². The van der Waals surface area contributed by atoms with Crippen molar-refractivity contribution in [2.24, 2.45) is 0 Å². The number of rotatable bonds is 7. The summed E-state index contributed by atoms with van der Waals surface area (Å²) < 4.78 is 11.3. The van der Waals surface area contributed by atoms with Crippen molar-refractivity contribution in [1.82, 2.24) is 5.32 Å². The number of likely N-dealkylation sites (N-methyl/N-ethyl adjacent to an activating group) is 1. The minimum atomic E-state index is -0.145. The van der Waals surface area contributed by atoms with Crippen LogP contribution in [0.5, 0.6) is 0 Å². The van der Waals surface area contributed by atoms with Gasteiger partial charge in [-0.15, -0.1) is 0 Å². The minimum absolute atomic E-state index is 0.131. The Morgan fingerprint density at radius 3 is 2.88 bits per heavy atom. The first-order valence-corrected chi connectivity index (χ1v) is 6.68. The second kappa shape index (κ2) is 7.31. The second-order valence-corrected chi connectivity index (χ2v) is 5.01. The van der Waals surface area contributed by atoms with Crippen molar-refractivity contribution in [2.75, 3.05) is 26.9 Å². The van der Waals surface area contributed by atoms with Gasteiger partial charge < -0.3 is 19.9 Å². The van der Waals surface area contributed by atoms with E-state index in [1.54, 1.807) is 0 Å². The van der Waals surface area contributed by atoms with Crippen LogP contribution in [-0.4, -0.2) is 49.7 Å². The zero-order chi connectivity index (χ0) is 12.7. The number of hydrogen-bond donors (Lipinski definition) is 2. The predicted molar refractivity (Wildman–Crippen MR) is 68.2 cm³/mol. The molecule has 4 heteroatoms. The van der Waals surface area contributed by atoms with Crippen LogP contribution in [0.1, 0.15) is 39.5 Å². The first kappa shape index (κ1) is 14.9. The lowest BCUT2D eigenvalue weighted by molar-refractivity contribution is -0.0764. The van der Waals surface area contributed by atoms with E-state index in [-0.39, 0.29) is 24.4 Å². The Bertz CT molecular complexity index is 207. The number of aliphatic hydroxyl groups is 1. The molecule has 0 aromatic heterocycles. The molecule has 1 rings (SSSR count). The topological polar surface area (TPSA) is 50.7 Å². The molecule has 1 aliphatic carbocycles. The fraction of sp³-hybridized carbons (Fsp3) is 1.00. The third-order valence-corrected chi connectivity index (χ3v) is 3.61. The molecule has 0 spiro atoms. The lowest BCUT2D eigenvalue weighted by Gasteiger charge is -2.40. The molecule has 1 fully saturated rings. The molecule has 0 aromatic rings. The fourth-order valence-electron chi connectivity index (χ4n) is 2.53. The number of ether oxygens (including phenoxy) is 2. The van der Waals surface area contributed by atoms with Gasteiger partial charge in [0.25, 0.3) is 0 Å². The van der Waals surface area contributed by atoms with E-state index in [4.69, 9.17) is 9.47 Å². The van der Waals surface area contributed by atoms with Gasteiger partial charge in [0.05, 0.1) is 25.4 Å². The maximum Gasteiger partial charge on any atom is 0.0784 e. The first-order chi connectivity index (χ1) is 8.15. The van der Waals surface area contributed by atoms with Crippen LogP contribution in [0.4, 0.5) is 0 Å². The zero-order valence-electron chi connectivity index (χ0n) is 11.4. The Hall–Kier alpha value is -0.160. The van der Waals surface area contributed by atoms with Gasteiger partial charge in [-0.25, -0.2) is 0 Å². The number of hydrogen-bond acceptors (Lipinski definition) is 4. The highest BCUT2D eigenvalue weighted by Crippen LogP contribution is 2.30. The van der Waals surface area contributed by atoms with Gasteiger partial charge >= 0.3 is 0 Å². The SMILES string of the molecule is CCOCC(C)OC1CCCC(CO)(NC)C1. The summed E-state index contributed by atoms with van der Waals surface area (Å²) in [4.78, 5) is 0. The van der Waals surface area contributed by atoms with Gasteiger partial charge in [0, 0.05) is 12.1 Å². The molecule has 0 aromatic carbocycles. The van der Waals surface area contributed by atoms with Crippen molar-refractivity contribution >= 4 is 0 Å². The monoisotopic (exact) mass is 245 g/mol. The van der Waals surface area contributed by atoms with E-state index in [1.165, 1.54) is 0 Å². The van der Waals surface area contributed by atoms with Crippen LogP contribution in [0.3, 0.4) is 0 Å². The van der Waals surface area contributed by atoms with Gasteiger partial charge in [-0.05, 0) is 46.6 Å². The molecule has 0 saturated heterocycles. The molecule has 0 bridgehead atoms. The second-order valence-electron chi connectivity index (χ2n) is 5.01. The molecular weight excluding hydrogens is 218 g/mol. The van der Waals surface area contributed by atoms with E-state index < -0.39 is 0 Å². The van der Waals surface area contributed by atoms with Gasteiger partial charge in [0.15, 0.2) is 0 Å². The van der Waals surface area contributed by atoms with Gasteiger partial charge in [-0.2, -0.15) is 0 Å². The maximum atomic E-state index is 9.49. The zero-order valence-corrected chi connectivity index (χ0v) is 11.4. The molecular formula is C13H27NO3. The van der Waals surface area contributed by atoms with Crippen molar-refractivity contribution in [3.05, 3.63) is 0 Å². The molecule has 1 saturated carbocycles. The highest BCUT2D eigenvalue weighted by molar-refractivity contribution is 4.93. The average molecular weight is 245 g/mol. The summed E-state index contributed by atoms with van der Waals surface area (Å²) in [6, 6.07) is 0. The quantitative estimate of drug-likeness (QED) is 0.710. The fourth-order valence-corrected chi connectivity index (χ4v) is 2.53. The summed E-state index contributed by atoms with van der Waals surface area (Å²) in [7, 11) is 1.92. The van der Waals surface area contributed by atoms with Gasteiger partial charge in [-0.1, -0.05) is 0 Å². The van der Waals surface area contributed by atoms with E-state index in [9.17, 15) is 5.11 Å². The van der Waals surface area contributed by atoms with E-state index in [1.807, 2.05) is 20.9 Å². The molecule has 3 atom stereocenters. The van der Waals surface area contributed by atoms with Gasteiger partial charge in [-0.3, -0.25) is 0 Å². The van der Waals surface area contributed by atoms with E-state index in [0.29, 0.717) is 6.61 Å². The summed E-state index contributed by atoms with van der Waals surface area (Å²) in [5.74, 6) is 0. The Morgan fingerprint density at radius 2 is 2.29 bits per heavy atom. The maximum absolute atomic E-state index is 9.49. The number of aliphatic hydroxyl groups excluding tert-OH is 1. The van der Waals surface area contributed by atoms with Gasteiger partial charge in [0.1, 0.15) is 0 Å². The molecule has 1 aliphatic rings. The highest BCUT2D eigenvalue weighted by atomic mass is 16.5. The molecule has 0 heterocycles. The van der Waals surface area contributed by atoms with Crippen molar-refractivity contribution in [1.29, 1.82) is 0 Å². The molecule has 2 N–H and O–H groups in total. The molecule has 17 heavy (non-hydrogen) atoms. The molecule has 102 valence electrons. The third-order valence-electron chi connectivity index (χ3n) is 3.61. The van der Waals surface area contributed by atoms with Crippen LogP contribution >= 0.6 is 0 Å². The molecule has 0 amide bonds. The minimum Gasteiger partial charge on any atom is -0.394 e. The Labute approximate surface area is 105 Å². The van der Waals surface area contributed by atoms with Crippen LogP contribution in [-0.2, 0) is 9.47 Å². The molecule has 3 unspecified atom stereocenters. The predicted octanol–water partition coefficient (Wildman–Crippen LogP) is 1.32. The largest absolute Gasteiger partial charge is 0.394 e. The van der Waals surface area contributed by atoms with Crippen molar-refractivity contribution in [3.63, 3.8) is 0 Å². The standard InChI is InChI=1S/C13H27NO3/c1-4-16-9-11(2)17-12-6-5-7-13(8-12,10-15)14-3/h11-12,14-15H,4-10H2,1-3H3. The Balaban J connectivity index is 2.38. The summed E-state index contributed by atoms with van der Waals surface area (Å²) >= 11 is 0. The van der Waals surface area contributed by atoms with Crippen molar-refractivity contribution in [2.45, 2.75) is 57.3 Å². The summed E-state index contributed by atoms with van der Waals surface area (Å²) in [6.45, 7) is 5.60. The van der Waals surface area contributed by atoms with Crippen LogP contribution in [0, 0.1) is 0 Å². The van der Waals surface area contributed by atoms with Crippen molar-refractivity contribution < 1.29 is 14.6 Å². The number of nitrogens with one attached hydrogen (secondary N) is 1. The molecule has 0 radical (unpaired) electrons. The summed E-state index contributed by atoms with van der Waals surface area (Å²) in [5, 5.41) is 12.7. The Kier molecular flexibility index (Phi) is 6.41. The molecule has 4 nitrogen and oxygen atoms in total. The average Bonchev–Trinajstić information content (AvgIpc) is 2.36. The van der Waals surface area contributed by atoms with Crippen LogP contribution < -0.4 is 5.32 Å².